The molecule has 1 unspecified atom stereocenters. The second-order valence-corrected chi connectivity index (χ2v) is 12.1. The second-order valence-electron chi connectivity index (χ2n) is 12.1. The minimum atomic E-state index is 0. The lowest BCUT2D eigenvalue weighted by atomic mass is 10.0. The highest BCUT2D eigenvalue weighted by atomic mass is 15.1. The molecule has 0 radical (unpaired) electrons. The van der Waals surface area contributed by atoms with Crippen LogP contribution in [0.4, 0.5) is 0 Å². The maximum absolute atomic E-state index is 2.75. The predicted molar refractivity (Wildman–Crippen MR) is 186 cm³/mol. The van der Waals surface area contributed by atoms with Crippen LogP contribution < -0.4 is 5.32 Å². The molecule has 1 N–H and O–H groups in total. The van der Waals surface area contributed by atoms with E-state index in [1.807, 2.05) is 40.1 Å². The highest BCUT2D eigenvalue weighted by molar-refractivity contribution is 4.75. The zero-order valence-electron chi connectivity index (χ0n) is 24.4. The summed E-state index contributed by atoms with van der Waals surface area (Å²) in [6.45, 7) is 20.9. The van der Waals surface area contributed by atoms with E-state index < -0.39 is 0 Å². The fraction of sp³-hybridized carbons (Fsp3) is 1.00. The summed E-state index contributed by atoms with van der Waals surface area (Å²) in [6, 6.07) is 0. The van der Waals surface area contributed by atoms with Crippen LogP contribution >= 0.6 is 0 Å². The van der Waals surface area contributed by atoms with Crippen LogP contribution in [0.15, 0.2) is 0 Å². The molecule has 1 saturated carbocycles. The standard InChI is InChI=1S/C6H13N.C6H12.C5H11N.C5H12.C3H9N.C2H7N.6CH4/c1-6-3-4-7(2)5-6;1-5(2)6-3-4-6;1-6-4-2-3-5-6;1-5(2,3)4;1-4(2)3;1-3-2;;;;;;/h6H,3-5H2,1-2H3;5-6H,3-4H2,1-2H3;2-5H2,1H3;1-4H3;1-3H3;3H,1-2H3;6*1H4. The number of likely N-dealkylation sites (tertiary alicyclic amines) is 2. The van der Waals surface area contributed by atoms with Gasteiger partial charge in [0.15, 0.2) is 0 Å². The normalized spacial score (nSPS) is 17.4. The molecule has 4 heteroatoms. The lowest BCUT2D eigenvalue weighted by molar-refractivity contribution is 0.402. The van der Waals surface area contributed by atoms with Crippen molar-refractivity contribution in [2.75, 3.05) is 75.5 Å². The molecule has 0 aromatic rings. The van der Waals surface area contributed by atoms with Crippen LogP contribution in [-0.4, -0.2) is 90.2 Å². The van der Waals surface area contributed by atoms with Gasteiger partial charge in [-0.3, -0.25) is 0 Å². The molecule has 0 aromatic carbocycles. The molecule has 0 aromatic heterocycles. The summed E-state index contributed by atoms with van der Waals surface area (Å²) in [7, 11) is 14.1. The van der Waals surface area contributed by atoms with E-state index in [-0.39, 0.29) is 44.6 Å². The lowest BCUT2D eigenvalue weighted by Crippen LogP contribution is -2.12. The molecule has 0 amide bonds. The summed E-state index contributed by atoms with van der Waals surface area (Å²) >= 11 is 0. The SMILES string of the molecule is C.C.C.C.C.C.CC(C)(C)C.CC(C)C1CC1.CC1CCN(C)C1.CN(C)C.CN1CCCC1.CNC. The highest BCUT2D eigenvalue weighted by Crippen LogP contribution is 2.35. The number of rotatable bonds is 1. The van der Waals surface area contributed by atoms with Crippen LogP contribution in [0.25, 0.3) is 0 Å². The van der Waals surface area contributed by atoms with Crippen LogP contribution in [0.2, 0.25) is 0 Å². The van der Waals surface area contributed by atoms with E-state index in [1.165, 1.54) is 58.3 Å². The van der Waals surface area contributed by atoms with Crippen LogP contribution in [0, 0.1) is 23.2 Å². The summed E-state index contributed by atoms with van der Waals surface area (Å²) in [5.41, 5.74) is 0.500. The van der Waals surface area contributed by atoms with Gasteiger partial charge in [0.25, 0.3) is 0 Å². The molecular formula is C33H88N4. The van der Waals surface area contributed by atoms with Crippen molar-refractivity contribution < 1.29 is 0 Å². The van der Waals surface area contributed by atoms with Crippen molar-refractivity contribution in [1.82, 2.24) is 20.0 Å². The van der Waals surface area contributed by atoms with Crippen molar-refractivity contribution in [2.45, 2.75) is 125 Å². The second kappa shape index (κ2) is 38.0. The average molecular weight is 541 g/mol. The summed E-state index contributed by atoms with van der Waals surface area (Å²) in [6.07, 6.45) is 7.22. The summed E-state index contributed by atoms with van der Waals surface area (Å²) in [5, 5.41) is 2.75. The largest absolute Gasteiger partial charge is 0.323 e. The Hall–Kier alpha value is -0.160. The Morgan fingerprint density at radius 1 is 0.703 bits per heavy atom. The molecule has 3 fully saturated rings. The fourth-order valence-electron chi connectivity index (χ4n) is 2.79. The predicted octanol–water partition coefficient (Wildman–Crippen LogP) is 9.60. The monoisotopic (exact) mass is 541 g/mol. The van der Waals surface area contributed by atoms with Gasteiger partial charge in [0.1, 0.15) is 0 Å². The van der Waals surface area contributed by atoms with Crippen molar-refractivity contribution in [2.24, 2.45) is 23.2 Å². The number of nitrogens with zero attached hydrogens (tertiary/aromatic N) is 3. The van der Waals surface area contributed by atoms with E-state index in [1.54, 1.807) is 0 Å². The first-order valence-corrected chi connectivity index (χ1v) is 12.7. The topological polar surface area (TPSA) is 21.8 Å². The van der Waals surface area contributed by atoms with Gasteiger partial charge in [-0.15, -0.1) is 0 Å². The molecule has 37 heavy (non-hydrogen) atoms. The Labute approximate surface area is 243 Å². The third kappa shape index (κ3) is 78.7. The first-order valence-electron chi connectivity index (χ1n) is 12.7. The molecule has 3 rings (SSSR count). The molecule has 3 aliphatic rings. The van der Waals surface area contributed by atoms with Gasteiger partial charge in [-0.05, 0) is 124 Å². The Balaban J connectivity index is -0.0000000358. The third-order valence-electron chi connectivity index (χ3n) is 4.52. The van der Waals surface area contributed by atoms with Crippen molar-refractivity contribution >= 4 is 0 Å². The Bertz CT molecular complexity index is 324. The van der Waals surface area contributed by atoms with E-state index in [0.717, 1.165) is 17.8 Å². The van der Waals surface area contributed by atoms with E-state index in [2.05, 4.69) is 77.7 Å². The zero-order chi connectivity index (χ0) is 25.0. The highest BCUT2D eigenvalue weighted by Gasteiger charge is 2.23. The van der Waals surface area contributed by atoms with Gasteiger partial charge in [-0.1, -0.05) is 93.0 Å². The van der Waals surface area contributed by atoms with Gasteiger partial charge in [0, 0.05) is 6.54 Å². The molecule has 1 atom stereocenters. The van der Waals surface area contributed by atoms with Gasteiger partial charge in [-0.25, -0.2) is 0 Å². The molecule has 2 heterocycles. The quantitative estimate of drug-likeness (QED) is 0.357. The van der Waals surface area contributed by atoms with E-state index in [0.29, 0.717) is 5.41 Å². The number of nitrogens with one attached hydrogen (secondary N) is 1. The zero-order valence-corrected chi connectivity index (χ0v) is 24.4. The molecule has 0 spiro atoms. The van der Waals surface area contributed by atoms with E-state index >= 15 is 0 Å². The molecule has 2 saturated heterocycles. The summed E-state index contributed by atoms with van der Waals surface area (Å²) < 4.78 is 0. The summed E-state index contributed by atoms with van der Waals surface area (Å²) in [4.78, 5) is 6.74. The fourth-order valence-corrected chi connectivity index (χ4v) is 2.79. The Morgan fingerprint density at radius 3 is 1.05 bits per heavy atom. The minimum absolute atomic E-state index is 0. The van der Waals surface area contributed by atoms with Crippen molar-refractivity contribution in [3.05, 3.63) is 0 Å². The van der Waals surface area contributed by atoms with Gasteiger partial charge < -0.3 is 20.0 Å². The van der Waals surface area contributed by atoms with Crippen LogP contribution in [0.3, 0.4) is 0 Å². The maximum atomic E-state index is 2.75. The summed E-state index contributed by atoms with van der Waals surface area (Å²) in [5.74, 6) is 3.01. The van der Waals surface area contributed by atoms with Gasteiger partial charge >= 0.3 is 0 Å². The molecular weight excluding hydrogens is 452 g/mol. The van der Waals surface area contributed by atoms with Crippen LogP contribution in [0.5, 0.6) is 0 Å². The average Bonchev–Trinajstić information content (AvgIpc) is 3.23. The van der Waals surface area contributed by atoms with Gasteiger partial charge in [0.05, 0.1) is 0 Å². The van der Waals surface area contributed by atoms with Crippen molar-refractivity contribution in [1.29, 1.82) is 0 Å². The van der Waals surface area contributed by atoms with Crippen LogP contribution in [-0.2, 0) is 0 Å². The smallest absolute Gasteiger partial charge is 0.000445 e. The first kappa shape index (κ1) is 61.1. The third-order valence-corrected chi connectivity index (χ3v) is 4.52. The number of hydrogen-bond donors (Lipinski definition) is 1. The molecule has 1 aliphatic carbocycles. The Morgan fingerprint density at radius 2 is 1.00 bits per heavy atom. The van der Waals surface area contributed by atoms with Crippen LogP contribution in [0.1, 0.15) is 125 Å². The molecule has 4 nitrogen and oxygen atoms in total. The van der Waals surface area contributed by atoms with E-state index in [9.17, 15) is 0 Å². The molecule has 2 aliphatic heterocycles. The molecule has 0 bridgehead atoms. The van der Waals surface area contributed by atoms with Gasteiger partial charge in [0.2, 0.25) is 0 Å². The van der Waals surface area contributed by atoms with Crippen molar-refractivity contribution in [3.8, 4) is 0 Å². The number of hydrogen-bond acceptors (Lipinski definition) is 4. The minimum Gasteiger partial charge on any atom is -0.323 e. The first-order chi connectivity index (χ1) is 14.1. The lowest BCUT2D eigenvalue weighted by Gasteiger charge is -2.05. The van der Waals surface area contributed by atoms with E-state index in [4.69, 9.17) is 0 Å². The van der Waals surface area contributed by atoms with Gasteiger partial charge in [-0.2, -0.15) is 0 Å². The maximum Gasteiger partial charge on any atom is 0.000445 e. The van der Waals surface area contributed by atoms with Crippen molar-refractivity contribution in [3.63, 3.8) is 0 Å². The molecule has 240 valence electrons. The Kier molecular flexibility index (Phi) is 62.7.